The number of morpholine rings is 1. The molecule has 0 spiro atoms. The summed E-state index contributed by atoms with van der Waals surface area (Å²) >= 11 is 0. The van der Waals surface area contributed by atoms with E-state index in [9.17, 15) is 0 Å². The molecule has 0 amide bonds. The molecule has 3 rings (SSSR count). The standard InChI is InChI=1S/C22H35N3O2/c1-5-23-21(24-16-22(3,4)18-10-8-17(2)9-11-18)25-12-14-27-20(15-25)19-7-6-13-26-19/h8-11,19-20H,5-7,12-16H2,1-4H3,(H,23,24). The molecule has 150 valence electrons. The molecule has 2 saturated heterocycles. The van der Waals surface area contributed by atoms with Crippen molar-refractivity contribution in [2.75, 3.05) is 39.4 Å². The van der Waals surface area contributed by atoms with Crippen molar-refractivity contribution in [2.45, 2.75) is 58.2 Å². The van der Waals surface area contributed by atoms with Crippen molar-refractivity contribution in [3.63, 3.8) is 0 Å². The van der Waals surface area contributed by atoms with Gasteiger partial charge >= 0.3 is 0 Å². The lowest BCUT2D eigenvalue weighted by molar-refractivity contribution is -0.0817. The first-order valence-electron chi connectivity index (χ1n) is 10.3. The van der Waals surface area contributed by atoms with Gasteiger partial charge in [0.2, 0.25) is 0 Å². The number of aliphatic imine (C=N–C) groups is 1. The van der Waals surface area contributed by atoms with E-state index < -0.39 is 0 Å². The largest absolute Gasteiger partial charge is 0.375 e. The topological polar surface area (TPSA) is 46.1 Å². The van der Waals surface area contributed by atoms with Gasteiger partial charge in [-0.3, -0.25) is 4.99 Å². The maximum absolute atomic E-state index is 6.00. The average molecular weight is 374 g/mol. The minimum Gasteiger partial charge on any atom is -0.375 e. The fourth-order valence-electron chi connectivity index (χ4n) is 3.78. The van der Waals surface area contributed by atoms with Crippen LogP contribution < -0.4 is 5.32 Å². The Hall–Kier alpha value is -1.59. The number of nitrogens with zero attached hydrogens (tertiary/aromatic N) is 2. The maximum atomic E-state index is 6.00. The number of benzene rings is 1. The molecular formula is C22H35N3O2. The fourth-order valence-corrected chi connectivity index (χ4v) is 3.78. The quantitative estimate of drug-likeness (QED) is 0.636. The lowest BCUT2D eigenvalue weighted by atomic mass is 9.84. The SMILES string of the molecule is CCNC(=NCC(C)(C)c1ccc(C)cc1)N1CCOC(C2CCCO2)C1. The van der Waals surface area contributed by atoms with Crippen LogP contribution in [0, 0.1) is 6.92 Å². The molecule has 5 heteroatoms. The van der Waals surface area contributed by atoms with E-state index >= 15 is 0 Å². The minimum absolute atomic E-state index is 0.00533. The molecule has 0 radical (unpaired) electrons. The number of aryl methyl sites for hydroxylation is 1. The van der Waals surface area contributed by atoms with Crippen molar-refractivity contribution in [3.05, 3.63) is 35.4 Å². The Labute approximate surface area is 164 Å². The summed E-state index contributed by atoms with van der Waals surface area (Å²) in [5.74, 6) is 0.990. The Kier molecular flexibility index (Phi) is 6.77. The number of hydrogen-bond acceptors (Lipinski definition) is 3. The minimum atomic E-state index is -0.00533. The molecule has 2 heterocycles. The van der Waals surface area contributed by atoms with Gasteiger partial charge in [-0.05, 0) is 32.3 Å². The zero-order valence-corrected chi connectivity index (χ0v) is 17.3. The Morgan fingerprint density at radius 2 is 1.93 bits per heavy atom. The molecule has 2 fully saturated rings. The van der Waals surface area contributed by atoms with Crippen LogP contribution in [0.5, 0.6) is 0 Å². The van der Waals surface area contributed by atoms with Crippen LogP contribution in [0.25, 0.3) is 0 Å². The van der Waals surface area contributed by atoms with Crippen LogP contribution in [0.1, 0.15) is 44.7 Å². The van der Waals surface area contributed by atoms with E-state index in [1.807, 2.05) is 0 Å². The average Bonchev–Trinajstić information content (AvgIpc) is 3.20. The Morgan fingerprint density at radius 3 is 2.59 bits per heavy atom. The summed E-state index contributed by atoms with van der Waals surface area (Å²) in [6.45, 7) is 13.7. The molecule has 0 aromatic heterocycles. The highest BCUT2D eigenvalue weighted by Gasteiger charge is 2.32. The van der Waals surface area contributed by atoms with Gasteiger partial charge in [0.25, 0.3) is 0 Å². The first-order chi connectivity index (χ1) is 13.0. The third-order valence-corrected chi connectivity index (χ3v) is 5.56. The number of nitrogens with one attached hydrogen (secondary N) is 1. The molecule has 2 aliphatic heterocycles. The summed E-state index contributed by atoms with van der Waals surface area (Å²) in [5, 5.41) is 3.48. The highest BCUT2D eigenvalue weighted by atomic mass is 16.5. The number of guanidine groups is 1. The van der Waals surface area contributed by atoms with Gasteiger partial charge in [-0.1, -0.05) is 43.7 Å². The van der Waals surface area contributed by atoms with Gasteiger partial charge in [0.1, 0.15) is 6.10 Å². The van der Waals surface area contributed by atoms with E-state index in [1.54, 1.807) is 0 Å². The van der Waals surface area contributed by atoms with Crippen LogP contribution in [-0.2, 0) is 14.9 Å². The zero-order valence-electron chi connectivity index (χ0n) is 17.3. The molecule has 1 N–H and O–H groups in total. The lowest BCUT2D eigenvalue weighted by Crippen LogP contribution is -2.53. The molecular weight excluding hydrogens is 338 g/mol. The maximum Gasteiger partial charge on any atom is 0.194 e. The third kappa shape index (κ3) is 5.23. The summed E-state index contributed by atoms with van der Waals surface area (Å²) in [5.41, 5.74) is 2.61. The molecule has 0 saturated carbocycles. The van der Waals surface area contributed by atoms with E-state index in [0.29, 0.717) is 0 Å². The van der Waals surface area contributed by atoms with E-state index in [1.165, 1.54) is 11.1 Å². The summed E-state index contributed by atoms with van der Waals surface area (Å²) in [6.07, 6.45) is 2.63. The van der Waals surface area contributed by atoms with Crippen molar-refractivity contribution in [3.8, 4) is 0 Å². The summed E-state index contributed by atoms with van der Waals surface area (Å²) in [7, 11) is 0. The summed E-state index contributed by atoms with van der Waals surface area (Å²) < 4.78 is 11.8. The van der Waals surface area contributed by atoms with Crippen LogP contribution in [0.2, 0.25) is 0 Å². The van der Waals surface area contributed by atoms with Crippen LogP contribution in [0.15, 0.2) is 29.3 Å². The molecule has 1 aromatic rings. The van der Waals surface area contributed by atoms with Gasteiger partial charge in [-0.2, -0.15) is 0 Å². The highest BCUT2D eigenvalue weighted by Crippen LogP contribution is 2.25. The number of rotatable bonds is 5. The van der Waals surface area contributed by atoms with E-state index in [2.05, 4.69) is 62.2 Å². The summed E-state index contributed by atoms with van der Waals surface area (Å²) in [4.78, 5) is 7.34. The van der Waals surface area contributed by atoms with Gasteiger partial charge in [0, 0.05) is 31.7 Å². The van der Waals surface area contributed by atoms with E-state index in [4.69, 9.17) is 14.5 Å². The molecule has 0 aliphatic carbocycles. The van der Waals surface area contributed by atoms with Crippen molar-refractivity contribution in [1.82, 2.24) is 10.2 Å². The molecule has 27 heavy (non-hydrogen) atoms. The predicted octanol–water partition coefficient (Wildman–Crippen LogP) is 3.12. The second-order valence-electron chi connectivity index (χ2n) is 8.33. The smallest absolute Gasteiger partial charge is 0.194 e. The summed E-state index contributed by atoms with van der Waals surface area (Å²) in [6, 6.07) is 8.81. The molecule has 2 aliphatic rings. The normalized spacial score (nSPS) is 24.3. The fraction of sp³-hybridized carbons (Fsp3) is 0.682. The second-order valence-corrected chi connectivity index (χ2v) is 8.33. The van der Waals surface area contributed by atoms with Gasteiger partial charge in [0.15, 0.2) is 5.96 Å². The molecule has 2 unspecified atom stereocenters. The first kappa shape index (κ1) is 20.2. The molecule has 1 aromatic carbocycles. The van der Waals surface area contributed by atoms with E-state index in [0.717, 1.165) is 58.2 Å². The van der Waals surface area contributed by atoms with Gasteiger partial charge in [-0.25, -0.2) is 0 Å². The van der Waals surface area contributed by atoms with Crippen LogP contribution in [0.4, 0.5) is 0 Å². The van der Waals surface area contributed by atoms with E-state index in [-0.39, 0.29) is 17.6 Å². The van der Waals surface area contributed by atoms with Gasteiger partial charge in [-0.15, -0.1) is 0 Å². The molecule has 5 nitrogen and oxygen atoms in total. The first-order valence-corrected chi connectivity index (χ1v) is 10.3. The number of ether oxygens (including phenoxy) is 2. The lowest BCUT2D eigenvalue weighted by Gasteiger charge is -2.37. The Morgan fingerprint density at radius 1 is 1.19 bits per heavy atom. The van der Waals surface area contributed by atoms with Gasteiger partial charge < -0.3 is 19.7 Å². The third-order valence-electron chi connectivity index (χ3n) is 5.56. The molecule has 2 atom stereocenters. The Bertz CT molecular complexity index is 621. The van der Waals surface area contributed by atoms with Gasteiger partial charge in [0.05, 0.1) is 19.3 Å². The van der Waals surface area contributed by atoms with Crippen LogP contribution >= 0.6 is 0 Å². The van der Waals surface area contributed by atoms with Crippen molar-refractivity contribution in [2.24, 2.45) is 4.99 Å². The Balaban J connectivity index is 1.68. The highest BCUT2D eigenvalue weighted by molar-refractivity contribution is 5.80. The van der Waals surface area contributed by atoms with Crippen molar-refractivity contribution < 1.29 is 9.47 Å². The van der Waals surface area contributed by atoms with Crippen molar-refractivity contribution >= 4 is 5.96 Å². The molecule has 0 bridgehead atoms. The predicted molar refractivity (Wildman–Crippen MR) is 110 cm³/mol. The second kappa shape index (κ2) is 9.07. The van der Waals surface area contributed by atoms with Crippen molar-refractivity contribution in [1.29, 1.82) is 0 Å². The zero-order chi connectivity index (χ0) is 19.3. The van der Waals surface area contributed by atoms with Crippen LogP contribution in [0.3, 0.4) is 0 Å². The monoisotopic (exact) mass is 373 g/mol. The van der Waals surface area contributed by atoms with Crippen LogP contribution in [-0.4, -0.2) is 62.5 Å². The number of hydrogen-bond donors (Lipinski definition) is 1.